The van der Waals surface area contributed by atoms with Gasteiger partial charge in [-0.05, 0) is 84.3 Å². The van der Waals surface area contributed by atoms with Gasteiger partial charge >= 0.3 is 0 Å². The van der Waals surface area contributed by atoms with Gasteiger partial charge in [-0.25, -0.2) is 8.42 Å². The number of carbonyl (C=O) groups excluding carboxylic acids is 2. The fourth-order valence-electron chi connectivity index (χ4n) is 3.42. The molecule has 2 aromatic rings. The van der Waals surface area contributed by atoms with Gasteiger partial charge in [-0.1, -0.05) is 43.1 Å². The molecule has 0 saturated carbocycles. The molecule has 2 atom stereocenters. The number of hydrogen-bond acceptors (Lipinski definition) is 4. The summed E-state index contributed by atoms with van der Waals surface area (Å²) < 4.78 is 27.2. The number of anilines is 1. The molecule has 0 aliphatic heterocycles. The van der Waals surface area contributed by atoms with Crippen LogP contribution in [0, 0.1) is 3.57 Å². The molecule has 2 amide bonds. The highest BCUT2D eigenvalue weighted by Gasteiger charge is 2.32. The summed E-state index contributed by atoms with van der Waals surface area (Å²) in [7, 11) is -3.78. The quantitative estimate of drug-likeness (QED) is 0.343. The van der Waals surface area contributed by atoms with E-state index >= 15 is 0 Å². The Hall–Kier alpha value is -1.56. The van der Waals surface area contributed by atoms with Gasteiger partial charge in [-0.15, -0.1) is 0 Å². The molecule has 1 N–H and O–H groups in total. The maximum Gasteiger partial charge on any atom is 0.244 e. The van der Waals surface area contributed by atoms with E-state index < -0.39 is 28.5 Å². The van der Waals surface area contributed by atoms with E-state index in [1.54, 1.807) is 49.4 Å². The van der Waals surface area contributed by atoms with Crippen LogP contribution in [0.15, 0.2) is 42.5 Å². The number of benzene rings is 2. The van der Waals surface area contributed by atoms with Crippen LogP contribution < -0.4 is 9.62 Å². The van der Waals surface area contributed by atoms with E-state index in [2.05, 4.69) is 27.9 Å². The summed E-state index contributed by atoms with van der Waals surface area (Å²) in [4.78, 5) is 28.2. The molecule has 0 fully saturated rings. The van der Waals surface area contributed by atoms with Crippen LogP contribution in [-0.4, -0.2) is 50.0 Å². The average Bonchev–Trinajstić information content (AvgIpc) is 2.78. The minimum absolute atomic E-state index is 0.0194. The predicted molar refractivity (Wildman–Crippen MR) is 150 cm³/mol. The van der Waals surface area contributed by atoms with Gasteiger partial charge < -0.3 is 10.2 Å². The highest BCUT2D eigenvalue weighted by molar-refractivity contribution is 14.1. The first-order valence-corrected chi connectivity index (χ1v) is 14.8. The van der Waals surface area contributed by atoms with Crippen molar-refractivity contribution in [3.63, 3.8) is 0 Å². The third-order valence-corrected chi connectivity index (χ3v) is 7.98. The average molecular weight is 654 g/mol. The van der Waals surface area contributed by atoms with Gasteiger partial charge in [0.05, 0.1) is 11.9 Å². The van der Waals surface area contributed by atoms with Crippen LogP contribution in [0.2, 0.25) is 10.0 Å². The van der Waals surface area contributed by atoms with Gasteiger partial charge in [0.25, 0.3) is 0 Å². The van der Waals surface area contributed by atoms with Crippen LogP contribution in [0.25, 0.3) is 0 Å². The lowest BCUT2D eigenvalue weighted by atomic mass is 10.1. The smallest absolute Gasteiger partial charge is 0.244 e. The minimum Gasteiger partial charge on any atom is -0.352 e. The zero-order valence-electron chi connectivity index (χ0n) is 20.1. The molecule has 0 aliphatic carbocycles. The van der Waals surface area contributed by atoms with Gasteiger partial charge in [0, 0.05) is 26.2 Å². The van der Waals surface area contributed by atoms with Crippen molar-refractivity contribution in [2.24, 2.45) is 0 Å². The zero-order chi connectivity index (χ0) is 26.3. The number of hydrogen-bond donors (Lipinski definition) is 1. The Kier molecular flexibility index (Phi) is 11.1. The van der Waals surface area contributed by atoms with E-state index in [-0.39, 0.29) is 18.5 Å². The number of nitrogens with zero attached hydrogens (tertiary/aromatic N) is 2. The van der Waals surface area contributed by atoms with Crippen LogP contribution in [0.4, 0.5) is 5.69 Å². The van der Waals surface area contributed by atoms with Crippen LogP contribution >= 0.6 is 45.8 Å². The largest absolute Gasteiger partial charge is 0.352 e. The second-order valence-electron chi connectivity index (χ2n) is 8.25. The van der Waals surface area contributed by atoms with Crippen molar-refractivity contribution in [2.45, 2.75) is 52.2 Å². The predicted octanol–water partition coefficient (Wildman–Crippen LogP) is 5.09. The van der Waals surface area contributed by atoms with Crippen molar-refractivity contribution >= 4 is 73.3 Å². The number of nitrogens with one attached hydrogen (secondary N) is 1. The molecule has 0 spiro atoms. The Bertz CT molecular complexity index is 1150. The molecular weight excluding hydrogens is 624 g/mol. The van der Waals surface area contributed by atoms with E-state index in [0.29, 0.717) is 27.7 Å². The molecular formula is C24H30Cl2IN3O4S. The summed E-state index contributed by atoms with van der Waals surface area (Å²) in [5.74, 6) is -0.827. The lowest BCUT2D eigenvalue weighted by Gasteiger charge is -2.33. The summed E-state index contributed by atoms with van der Waals surface area (Å²) in [6.45, 7) is 5.20. The molecule has 11 heteroatoms. The number of rotatable bonds is 11. The van der Waals surface area contributed by atoms with Crippen molar-refractivity contribution in [3.8, 4) is 0 Å². The molecule has 2 aromatic carbocycles. The topological polar surface area (TPSA) is 86.8 Å². The maximum absolute atomic E-state index is 13.7. The highest BCUT2D eigenvalue weighted by atomic mass is 127. The van der Waals surface area contributed by atoms with Crippen LogP contribution in [-0.2, 0) is 26.2 Å². The van der Waals surface area contributed by atoms with Crippen molar-refractivity contribution < 1.29 is 18.0 Å². The first-order valence-electron chi connectivity index (χ1n) is 11.1. The summed E-state index contributed by atoms with van der Waals surface area (Å²) >= 11 is 14.5. The molecule has 2 rings (SSSR count). The Balaban J connectivity index is 2.46. The normalized spacial score (nSPS) is 13.1. The number of carbonyl (C=O) groups is 2. The third-order valence-electron chi connectivity index (χ3n) is 5.54. The fraction of sp³-hybridized carbons (Fsp3) is 0.417. The van der Waals surface area contributed by atoms with Crippen molar-refractivity contribution in [1.82, 2.24) is 10.2 Å². The Morgan fingerprint density at radius 3 is 2.20 bits per heavy atom. The Morgan fingerprint density at radius 2 is 1.69 bits per heavy atom. The highest BCUT2D eigenvalue weighted by Crippen LogP contribution is 2.25. The second kappa shape index (κ2) is 13.1. The zero-order valence-corrected chi connectivity index (χ0v) is 24.6. The van der Waals surface area contributed by atoms with Gasteiger partial charge in [-0.3, -0.25) is 13.9 Å². The van der Waals surface area contributed by atoms with Crippen molar-refractivity contribution in [1.29, 1.82) is 0 Å². The van der Waals surface area contributed by atoms with Crippen molar-refractivity contribution in [3.05, 3.63) is 61.6 Å². The van der Waals surface area contributed by atoms with Crippen molar-refractivity contribution in [2.75, 3.05) is 17.1 Å². The lowest BCUT2D eigenvalue weighted by Crippen LogP contribution is -2.53. The molecule has 0 aromatic heterocycles. The molecule has 7 nitrogen and oxygen atoms in total. The number of halogens is 3. The molecule has 35 heavy (non-hydrogen) atoms. The van der Waals surface area contributed by atoms with E-state index in [1.807, 2.05) is 13.8 Å². The van der Waals surface area contributed by atoms with Gasteiger partial charge in [0.2, 0.25) is 21.8 Å². The van der Waals surface area contributed by atoms with E-state index in [4.69, 9.17) is 23.2 Å². The summed E-state index contributed by atoms with van der Waals surface area (Å²) in [6.07, 6.45) is 2.11. The summed E-state index contributed by atoms with van der Waals surface area (Å²) in [5, 5.41) is 3.72. The Labute approximate surface area is 231 Å². The summed E-state index contributed by atoms with van der Waals surface area (Å²) in [6, 6.07) is 10.8. The van der Waals surface area contributed by atoms with Gasteiger partial charge in [0.15, 0.2) is 0 Å². The first kappa shape index (κ1) is 29.7. The minimum atomic E-state index is -3.78. The molecule has 192 valence electrons. The SMILES string of the molecule is CCC(C)NC(=O)C(CC)N(Cc1ccc(Cl)cc1Cl)C(=O)CN(c1ccc(I)cc1)S(C)(=O)=O. The second-order valence-corrected chi connectivity index (χ2v) is 12.2. The van der Waals surface area contributed by atoms with Crippen LogP contribution in [0.5, 0.6) is 0 Å². The number of amides is 2. The van der Waals surface area contributed by atoms with Gasteiger partial charge in [-0.2, -0.15) is 0 Å². The van der Waals surface area contributed by atoms with E-state index in [1.165, 1.54) is 4.90 Å². The van der Waals surface area contributed by atoms with E-state index in [0.717, 1.165) is 20.6 Å². The standard InChI is InChI=1S/C24H30Cl2IN3O4S/c1-5-16(3)28-24(32)22(6-2)29(14-17-7-8-18(25)13-21(17)26)23(31)15-30(35(4,33)34)20-11-9-19(27)10-12-20/h7-13,16,22H,5-6,14-15H2,1-4H3,(H,28,32). The monoisotopic (exact) mass is 653 g/mol. The van der Waals surface area contributed by atoms with E-state index in [9.17, 15) is 18.0 Å². The Morgan fingerprint density at radius 1 is 1.06 bits per heavy atom. The maximum atomic E-state index is 13.7. The van der Waals surface area contributed by atoms with Gasteiger partial charge in [0.1, 0.15) is 12.6 Å². The van der Waals surface area contributed by atoms with Crippen LogP contribution in [0.3, 0.4) is 0 Å². The molecule has 0 bridgehead atoms. The molecule has 0 saturated heterocycles. The summed E-state index contributed by atoms with van der Waals surface area (Å²) in [5.41, 5.74) is 0.960. The first-order chi connectivity index (χ1) is 16.4. The molecule has 0 radical (unpaired) electrons. The molecule has 0 heterocycles. The fourth-order valence-corrected chi connectivity index (χ4v) is 5.09. The molecule has 2 unspecified atom stereocenters. The third kappa shape index (κ3) is 8.51. The molecule has 0 aliphatic rings. The lowest BCUT2D eigenvalue weighted by molar-refractivity contribution is -0.140. The van der Waals surface area contributed by atoms with Crippen LogP contribution in [0.1, 0.15) is 39.2 Å². The number of sulfonamides is 1.